The molecule has 0 saturated heterocycles. The van der Waals surface area contributed by atoms with E-state index in [0.717, 1.165) is 12.2 Å². The smallest absolute Gasteiger partial charge is 0.268 e. The molecular formula is C19H21N3O2S. The lowest BCUT2D eigenvalue weighted by Crippen LogP contribution is -2.21. The van der Waals surface area contributed by atoms with Crippen LogP contribution in [0.3, 0.4) is 0 Å². The van der Waals surface area contributed by atoms with E-state index in [0.29, 0.717) is 0 Å². The van der Waals surface area contributed by atoms with E-state index in [1.165, 1.54) is 15.7 Å². The molecular weight excluding hydrogens is 334 g/mol. The molecule has 0 fully saturated rings. The topological polar surface area (TPSA) is 81.1 Å². The van der Waals surface area contributed by atoms with Gasteiger partial charge in [-0.05, 0) is 36.2 Å². The fourth-order valence-corrected chi connectivity index (χ4v) is 3.81. The first-order valence-corrected chi connectivity index (χ1v) is 9.16. The number of nitrogens with zero attached hydrogens (tertiary/aromatic N) is 2. The number of amides is 1. The molecule has 0 radical (unpaired) electrons. The van der Waals surface area contributed by atoms with E-state index in [2.05, 4.69) is 35.3 Å². The van der Waals surface area contributed by atoms with Crippen LogP contribution in [0.1, 0.15) is 29.9 Å². The van der Waals surface area contributed by atoms with Crippen LogP contribution in [0.25, 0.3) is 10.8 Å². The molecule has 5 nitrogen and oxygen atoms in total. The second-order valence-corrected chi connectivity index (χ2v) is 7.19. The number of nitrogens with two attached hydrogens (primary N) is 1. The minimum absolute atomic E-state index is 0.145. The quantitative estimate of drug-likeness (QED) is 0.638. The highest BCUT2D eigenvalue weighted by molar-refractivity contribution is 7.99. The second-order valence-electron chi connectivity index (χ2n) is 6.02. The summed E-state index contributed by atoms with van der Waals surface area (Å²) in [6.45, 7) is 1.75. The maximum absolute atomic E-state index is 11.2. The number of hydrogen-bond acceptors (Lipinski definition) is 4. The Balaban J connectivity index is 1.65. The van der Waals surface area contributed by atoms with Crippen LogP contribution < -0.4 is 5.73 Å². The predicted molar refractivity (Wildman–Crippen MR) is 101 cm³/mol. The van der Waals surface area contributed by atoms with Gasteiger partial charge in [-0.3, -0.25) is 4.79 Å². The molecule has 1 aromatic heterocycles. The van der Waals surface area contributed by atoms with Crippen LogP contribution in [0.2, 0.25) is 0 Å². The van der Waals surface area contributed by atoms with E-state index in [-0.39, 0.29) is 11.7 Å². The molecule has 0 bridgehead atoms. The normalized spacial score (nSPS) is 13.7. The molecule has 3 N–H and O–H groups in total. The number of hydrogen-bond donors (Lipinski definition) is 2. The Bertz CT molecular complexity index is 876. The van der Waals surface area contributed by atoms with Crippen molar-refractivity contribution in [3.63, 3.8) is 0 Å². The number of fused-ring (bicyclic) bond motifs is 1. The average molecular weight is 355 g/mol. The Morgan fingerprint density at radius 3 is 2.72 bits per heavy atom. The number of rotatable bonds is 7. The first kappa shape index (κ1) is 17.5. The SMILES string of the molecule is C[C@H](O)[C@@H](CCSc1ccc2ccccc2c1)n1cnc(C(N)=O)c1. The van der Waals surface area contributed by atoms with Crippen molar-refractivity contribution < 1.29 is 9.90 Å². The second kappa shape index (κ2) is 7.72. The zero-order chi connectivity index (χ0) is 17.8. The highest BCUT2D eigenvalue weighted by Gasteiger charge is 2.18. The summed E-state index contributed by atoms with van der Waals surface area (Å²) in [6.07, 6.45) is 3.36. The third-order valence-corrected chi connectivity index (χ3v) is 5.22. The molecule has 25 heavy (non-hydrogen) atoms. The lowest BCUT2D eigenvalue weighted by molar-refractivity contribution is 0.0994. The molecule has 0 spiro atoms. The van der Waals surface area contributed by atoms with Gasteiger partial charge in [-0.15, -0.1) is 11.8 Å². The summed E-state index contributed by atoms with van der Waals surface area (Å²) in [5.41, 5.74) is 5.46. The highest BCUT2D eigenvalue weighted by atomic mass is 32.2. The van der Waals surface area contributed by atoms with E-state index < -0.39 is 12.0 Å². The van der Waals surface area contributed by atoms with Crippen LogP contribution in [-0.2, 0) is 0 Å². The van der Waals surface area contributed by atoms with E-state index >= 15 is 0 Å². The summed E-state index contributed by atoms with van der Waals surface area (Å²) in [5, 5.41) is 12.5. The molecule has 6 heteroatoms. The van der Waals surface area contributed by atoms with Gasteiger partial charge in [-0.1, -0.05) is 30.3 Å². The van der Waals surface area contributed by atoms with Crippen molar-refractivity contribution in [1.82, 2.24) is 9.55 Å². The monoisotopic (exact) mass is 355 g/mol. The maximum atomic E-state index is 11.2. The van der Waals surface area contributed by atoms with Crippen molar-refractivity contribution >= 4 is 28.4 Å². The summed E-state index contributed by atoms with van der Waals surface area (Å²) < 4.78 is 1.77. The Labute approximate surface area is 150 Å². The van der Waals surface area contributed by atoms with Crippen LogP contribution in [0.5, 0.6) is 0 Å². The number of benzene rings is 2. The number of aromatic nitrogens is 2. The molecule has 0 unspecified atom stereocenters. The fraction of sp³-hybridized carbons (Fsp3) is 0.263. The molecule has 1 heterocycles. The Morgan fingerprint density at radius 1 is 1.28 bits per heavy atom. The lowest BCUT2D eigenvalue weighted by atomic mass is 10.1. The predicted octanol–water partition coefficient (Wildman–Crippen LogP) is 3.24. The minimum Gasteiger partial charge on any atom is -0.391 e. The van der Waals surface area contributed by atoms with Gasteiger partial charge < -0.3 is 15.4 Å². The number of carbonyl (C=O) groups is 1. The van der Waals surface area contributed by atoms with Crippen molar-refractivity contribution in [2.75, 3.05) is 5.75 Å². The van der Waals surface area contributed by atoms with Crippen LogP contribution in [0.4, 0.5) is 0 Å². The minimum atomic E-state index is -0.561. The van der Waals surface area contributed by atoms with Crippen molar-refractivity contribution in [2.24, 2.45) is 5.73 Å². The molecule has 0 aliphatic rings. The van der Waals surface area contributed by atoms with E-state index in [4.69, 9.17) is 5.73 Å². The summed E-state index contributed by atoms with van der Waals surface area (Å²) in [5.74, 6) is 0.284. The summed E-state index contributed by atoms with van der Waals surface area (Å²) in [4.78, 5) is 16.4. The molecule has 0 aliphatic heterocycles. The third-order valence-electron chi connectivity index (χ3n) is 4.20. The lowest BCUT2D eigenvalue weighted by Gasteiger charge is -2.21. The van der Waals surface area contributed by atoms with E-state index in [1.54, 1.807) is 35.8 Å². The van der Waals surface area contributed by atoms with Gasteiger partial charge in [0.15, 0.2) is 0 Å². The van der Waals surface area contributed by atoms with Crippen LogP contribution >= 0.6 is 11.8 Å². The Hall–Kier alpha value is -2.31. The number of primary amides is 1. The van der Waals surface area contributed by atoms with Gasteiger partial charge in [0, 0.05) is 16.8 Å². The zero-order valence-corrected chi connectivity index (χ0v) is 14.8. The molecule has 2 aromatic carbocycles. The molecule has 0 saturated carbocycles. The molecule has 3 rings (SSSR count). The number of imidazole rings is 1. The number of thioether (sulfide) groups is 1. The van der Waals surface area contributed by atoms with Gasteiger partial charge in [-0.2, -0.15) is 0 Å². The molecule has 2 atom stereocenters. The zero-order valence-electron chi connectivity index (χ0n) is 14.0. The van der Waals surface area contributed by atoms with Gasteiger partial charge in [0.1, 0.15) is 5.69 Å². The van der Waals surface area contributed by atoms with E-state index in [1.807, 2.05) is 12.1 Å². The summed E-state index contributed by atoms with van der Waals surface area (Å²) in [7, 11) is 0. The average Bonchev–Trinajstić information content (AvgIpc) is 3.08. The highest BCUT2D eigenvalue weighted by Crippen LogP contribution is 2.27. The number of aliphatic hydroxyl groups is 1. The van der Waals surface area contributed by atoms with Crippen LogP contribution in [0.15, 0.2) is 59.9 Å². The Morgan fingerprint density at radius 2 is 2.04 bits per heavy atom. The molecule has 0 aliphatic carbocycles. The van der Waals surface area contributed by atoms with Gasteiger partial charge in [0.2, 0.25) is 0 Å². The summed E-state index contributed by atoms with van der Waals surface area (Å²) >= 11 is 1.75. The number of aliphatic hydroxyl groups excluding tert-OH is 1. The third kappa shape index (κ3) is 4.21. The van der Waals surface area contributed by atoms with E-state index in [9.17, 15) is 9.90 Å². The van der Waals surface area contributed by atoms with Crippen LogP contribution in [0, 0.1) is 0 Å². The van der Waals surface area contributed by atoms with Gasteiger partial charge >= 0.3 is 0 Å². The largest absolute Gasteiger partial charge is 0.391 e. The fourth-order valence-electron chi connectivity index (χ4n) is 2.84. The van der Waals surface area contributed by atoms with Crippen molar-refractivity contribution in [3.05, 3.63) is 60.7 Å². The van der Waals surface area contributed by atoms with Crippen molar-refractivity contribution in [3.8, 4) is 0 Å². The number of carbonyl (C=O) groups excluding carboxylic acids is 1. The Kier molecular flexibility index (Phi) is 5.40. The van der Waals surface area contributed by atoms with Crippen LogP contribution in [-0.4, -0.2) is 32.4 Å². The summed E-state index contributed by atoms with van der Waals surface area (Å²) in [6, 6.07) is 14.6. The van der Waals surface area contributed by atoms with Gasteiger partial charge in [0.25, 0.3) is 5.91 Å². The first-order valence-electron chi connectivity index (χ1n) is 8.17. The molecule has 1 amide bonds. The molecule has 3 aromatic rings. The van der Waals surface area contributed by atoms with Gasteiger partial charge in [0.05, 0.1) is 18.5 Å². The standard InChI is InChI=1S/C19H21N3O2S/c1-13(23)18(22-11-17(19(20)24)21-12-22)8-9-25-16-7-6-14-4-2-3-5-15(14)10-16/h2-7,10-13,18,23H,8-9H2,1H3,(H2,20,24)/t13-,18+/m0/s1. The maximum Gasteiger partial charge on any atom is 0.268 e. The van der Waals surface area contributed by atoms with Crippen molar-refractivity contribution in [1.29, 1.82) is 0 Å². The van der Waals surface area contributed by atoms with Gasteiger partial charge in [-0.25, -0.2) is 4.98 Å². The molecule has 130 valence electrons. The van der Waals surface area contributed by atoms with Crippen molar-refractivity contribution in [2.45, 2.75) is 30.4 Å². The first-order chi connectivity index (χ1) is 12.0.